The molecule has 0 aliphatic carbocycles. The van der Waals surface area contributed by atoms with Crippen LogP contribution in [-0.4, -0.2) is 46.0 Å². The minimum absolute atomic E-state index is 0.0943. The van der Waals surface area contributed by atoms with Crippen LogP contribution in [0.15, 0.2) is 18.5 Å². The Morgan fingerprint density at radius 2 is 2.37 bits per heavy atom. The van der Waals surface area contributed by atoms with Crippen molar-refractivity contribution in [1.82, 2.24) is 9.88 Å². The Hall–Kier alpha value is -1.56. The third kappa shape index (κ3) is 2.58. The van der Waals surface area contributed by atoms with E-state index in [1.54, 1.807) is 12.3 Å². The molecule has 1 atom stereocenters. The van der Waals surface area contributed by atoms with Gasteiger partial charge in [0.05, 0.1) is 6.54 Å². The van der Waals surface area contributed by atoms with E-state index in [1.807, 2.05) is 6.92 Å². The maximum Gasteiger partial charge on any atom is 0.268 e. The van der Waals surface area contributed by atoms with Gasteiger partial charge >= 0.3 is 0 Å². The van der Waals surface area contributed by atoms with Crippen molar-refractivity contribution in [2.75, 3.05) is 13.1 Å². The molecule has 1 unspecified atom stereocenters. The monoisotopic (exact) mass is 270 g/mol. The number of aromatic nitrogens is 1. The Kier molecular flexibility index (Phi) is 3.80. The fourth-order valence-corrected chi connectivity index (χ4v) is 2.26. The summed E-state index contributed by atoms with van der Waals surface area (Å²) >= 11 is 0. The molecule has 1 N–H and O–H groups in total. The van der Waals surface area contributed by atoms with Gasteiger partial charge in [0.15, 0.2) is 0 Å². The number of likely N-dealkylation sites (tertiary alicyclic amines) is 1. The fourth-order valence-electron chi connectivity index (χ4n) is 2.26. The molecule has 0 saturated carbocycles. The lowest BCUT2D eigenvalue weighted by atomic mass is 10.0. The first-order chi connectivity index (χ1) is 8.98. The van der Waals surface area contributed by atoms with E-state index in [1.165, 1.54) is 11.1 Å². The first-order valence-electron chi connectivity index (χ1n) is 6.20. The normalized spacial score (nSPS) is 23.1. The van der Waals surface area contributed by atoms with E-state index >= 15 is 0 Å². The summed E-state index contributed by atoms with van der Waals surface area (Å²) in [6, 6.07) is 1.58. The number of carbonyl (C=O) groups is 1. The second-order valence-corrected chi connectivity index (χ2v) is 4.77. The van der Waals surface area contributed by atoms with Crippen LogP contribution in [0, 0.1) is 0 Å². The molecule has 0 spiro atoms. The Balaban J connectivity index is 2.18. The summed E-state index contributed by atoms with van der Waals surface area (Å²) in [6.45, 7) is 1.72. The van der Waals surface area contributed by atoms with Gasteiger partial charge < -0.3 is 10.0 Å². The number of alkyl halides is 2. The quantitative estimate of drug-likeness (QED) is 0.905. The molecular weight excluding hydrogens is 254 g/mol. The number of aryl methyl sites for hydroxylation is 1. The van der Waals surface area contributed by atoms with Gasteiger partial charge in [-0.05, 0) is 18.1 Å². The average molecular weight is 270 g/mol. The molecule has 6 heteroatoms. The van der Waals surface area contributed by atoms with Crippen LogP contribution < -0.4 is 0 Å². The Labute approximate surface area is 110 Å². The van der Waals surface area contributed by atoms with E-state index in [-0.39, 0.29) is 25.4 Å². The molecule has 1 aromatic heterocycles. The SMILES string of the molecule is CCc1cnccc1C(=O)N1CCC(O)(C(F)F)C1. The molecule has 2 heterocycles. The predicted octanol–water partition coefficient (Wildman–Crippen LogP) is 1.49. The number of nitrogens with zero attached hydrogens (tertiary/aromatic N) is 2. The number of rotatable bonds is 3. The number of amides is 1. The van der Waals surface area contributed by atoms with Crippen molar-refractivity contribution in [3.8, 4) is 0 Å². The number of β-amino-alcohol motifs (C(OH)–C–C–N with tert-alkyl or cyclic N) is 1. The molecule has 1 fully saturated rings. The van der Waals surface area contributed by atoms with Gasteiger partial charge in [0, 0.05) is 30.9 Å². The van der Waals surface area contributed by atoms with Crippen LogP contribution in [0.25, 0.3) is 0 Å². The highest BCUT2D eigenvalue weighted by Crippen LogP contribution is 2.29. The summed E-state index contributed by atoms with van der Waals surface area (Å²) in [6.07, 6.45) is 0.809. The molecular formula is C13H16F2N2O2. The molecule has 0 aromatic carbocycles. The summed E-state index contributed by atoms with van der Waals surface area (Å²) < 4.78 is 25.4. The Morgan fingerprint density at radius 1 is 1.63 bits per heavy atom. The first-order valence-corrected chi connectivity index (χ1v) is 6.20. The number of pyridine rings is 1. The molecule has 1 amide bonds. The number of hydrogen-bond donors (Lipinski definition) is 1. The zero-order valence-electron chi connectivity index (χ0n) is 10.6. The van der Waals surface area contributed by atoms with Gasteiger partial charge in [-0.3, -0.25) is 9.78 Å². The Bertz CT molecular complexity index is 481. The van der Waals surface area contributed by atoms with E-state index < -0.39 is 12.0 Å². The number of aliphatic hydroxyl groups is 1. The minimum Gasteiger partial charge on any atom is -0.382 e. The van der Waals surface area contributed by atoms with Crippen LogP contribution in [0.4, 0.5) is 8.78 Å². The van der Waals surface area contributed by atoms with Gasteiger partial charge in [0.25, 0.3) is 12.3 Å². The summed E-state index contributed by atoms with van der Waals surface area (Å²) in [5, 5.41) is 9.70. The Morgan fingerprint density at radius 3 is 2.95 bits per heavy atom. The van der Waals surface area contributed by atoms with Gasteiger partial charge in [-0.25, -0.2) is 8.78 Å². The van der Waals surface area contributed by atoms with E-state index in [0.717, 1.165) is 5.56 Å². The van der Waals surface area contributed by atoms with Crippen LogP contribution in [0.3, 0.4) is 0 Å². The molecule has 19 heavy (non-hydrogen) atoms. The van der Waals surface area contributed by atoms with Crippen molar-refractivity contribution >= 4 is 5.91 Å². The van der Waals surface area contributed by atoms with Crippen molar-refractivity contribution in [2.24, 2.45) is 0 Å². The maximum absolute atomic E-state index is 12.7. The molecule has 1 aromatic rings. The minimum atomic E-state index is -2.84. The third-order valence-corrected chi connectivity index (χ3v) is 3.49. The molecule has 104 valence electrons. The topological polar surface area (TPSA) is 53.4 Å². The second kappa shape index (κ2) is 5.21. The zero-order chi connectivity index (χ0) is 14.0. The molecule has 1 aliphatic rings. The largest absolute Gasteiger partial charge is 0.382 e. The molecule has 1 saturated heterocycles. The lowest BCUT2D eigenvalue weighted by molar-refractivity contribution is -0.0855. The summed E-state index contributed by atoms with van der Waals surface area (Å²) in [4.78, 5) is 17.5. The molecule has 4 nitrogen and oxygen atoms in total. The highest BCUT2D eigenvalue weighted by Gasteiger charge is 2.45. The predicted molar refractivity (Wildman–Crippen MR) is 65.1 cm³/mol. The first kappa shape index (κ1) is 13.9. The van der Waals surface area contributed by atoms with Crippen molar-refractivity contribution < 1.29 is 18.7 Å². The summed E-state index contributed by atoms with van der Waals surface area (Å²) in [7, 11) is 0. The third-order valence-electron chi connectivity index (χ3n) is 3.49. The van der Waals surface area contributed by atoms with Crippen molar-refractivity contribution in [1.29, 1.82) is 0 Å². The van der Waals surface area contributed by atoms with Crippen LogP contribution >= 0.6 is 0 Å². The number of hydrogen-bond acceptors (Lipinski definition) is 3. The van der Waals surface area contributed by atoms with Gasteiger partial charge in [-0.1, -0.05) is 6.92 Å². The van der Waals surface area contributed by atoms with E-state index in [4.69, 9.17) is 0 Å². The lowest BCUT2D eigenvalue weighted by Gasteiger charge is -2.22. The van der Waals surface area contributed by atoms with Crippen molar-refractivity contribution in [3.63, 3.8) is 0 Å². The maximum atomic E-state index is 12.7. The smallest absolute Gasteiger partial charge is 0.268 e. The van der Waals surface area contributed by atoms with Crippen molar-refractivity contribution in [2.45, 2.75) is 31.8 Å². The highest BCUT2D eigenvalue weighted by atomic mass is 19.3. The molecule has 0 radical (unpaired) electrons. The standard InChI is InChI=1S/C13H16F2N2O2/c1-2-9-7-16-5-3-10(9)11(18)17-6-4-13(19,8-17)12(14)15/h3,5,7,12,19H,2,4,6,8H2,1H3. The number of carbonyl (C=O) groups excluding carboxylic acids is 1. The van der Waals surface area contributed by atoms with Crippen LogP contribution in [0.1, 0.15) is 29.3 Å². The van der Waals surface area contributed by atoms with Gasteiger partial charge in [-0.2, -0.15) is 0 Å². The van der Waals surface area contributed by atoms with E-state index in [0.29, 0.717) is 12.0 Å². The lowest BCUT2D eigenvalue weighted by Crippen LogP contribution is -2.41. The fraction of sp³-hybridized carbons (Fsp3) is 0.538. The van der Waals surface area contributed by atoms with Gasteiger partial charge in [0.2, 0.25) is 0 Å². The van der Waals surface area contributed by atoms with Gasteiger partial charge in [0.1, 0.15) is 5.60 Å². The van der Waals surface area contributed by atoms with Gasteiger partial charge in [-0.15, -0.1) is 0 Å². The van der Waals surface area contributed by atoms with Crippen LogP contribution in [0.2, 0.25) is 0 Å². The van der Waals surface area contributed by atoms with Crippen LogP contribution in [-0.2, 0) is 6.42 Å². The molecule has 2 rings (SSSR count). The zero-order valence-corrected chi connectivity index (χ0v) is 10.6. The molecule has 0 bridgehead atoms. The van der Waals surface area contributed by atoms with Crippen molar-refractivity contribution in [3.05, 3.63) is 29.6 Å². The second-order valence-electron chi connectivity index (χ2n) is 4.77. The number of halogens is 2. The van der Waals surface area contributed by atoms with Crippen LogP contribution in [0.5, 0.6) is 0 Å². The summed E-state index contributed by atoms with van der Waals surface area (Å²) in [5.41, 5.74) is -0.828. The van der Waals surface area contributed by atoms with E-state index in [2.05, 4.69) is 4.98 Å². The molecule has 1 aliphatic heterocycles. The highest BCUT2D eigenvalue weighted by molar-refractivity contribution is 5.95. The average Bonchev–Trinajstić information content (AvgIpc) is 2.82. The van der Waals surface area contributed by atoms with E-state index in [9.17, 15) is 18.7 Å². The summed E-state index contributed by atoms with van der Waals surface area (Å²) in [5.74, 6) is -0.323.